The van der Waals surface area contributed by atoms with Crippen molar-refractivity contribution in [3.63, 3.8) is 0 Å². The van der Waals surface area contributed by atoms with Crippen LogP contribution >= 0.6 is 22.6 Å². The molecule has 1 aliphatic rings. The first-order valence-corrected chi connectivity index (χ1v) is 6.47. The van der Waals surface area contributed by atoms with Gasteiger partial charge in [-0.25, -0.2) is 0 Å². The fourth-order valence-electron chi connectivity index (χ4n) is 1.99. The van der Waals surface area contributed by atoms with Gasteiger partial charge >= 0.3 is 0 Å². The lowest BCUT2D eigenvalue weighted by molar-refractivity contribution is 1.20. The van der Waals surface area contributed by atoms with Crippen LogP contribution in [-0.2, 0) is 0 Å². The van der Waals surface area contributed by atoms with E-state index in [0.717, 1.165) is 5.69 Å². The molecule has 0 fully saturated rings. The molecular formula is C14H10IN. The summed E-state index contributed by atoms with van der Waals surface area (Å²) < 4.78 is 0.382. The monoisotopic (exact) mass is 319 g/mol. The molecule has 2 aromatic carbocycles. The average molecular weight is 319 g/mol. The summed E-state index contributed by atoms with van der Waals surface area (Å²) in [5.41, 5.74) is 4.94. The SMILES string of the molecule is IC1c2ccccc2C=Nc2ccccc21. The quantitative estimate of drug-likeness (QED) is 0.508. The highest BCUT2D eigenvalue weighted by atomic mass is 127. The molecule has 0 saturated heterocycles. The molecule has 78 valence electrons. The molecule has 0 aromatic heterocycles. The zero-order valence-corrected chi connectivity index (χ0v) is 10.8. The van der Waals surface area contributed by atoms with Gasteiger partial charge in [0.2, 0.25) is 0 Å². The lowest BCUT2D eigenvalue weighted by Crippen LogP contribution is -1.94. The van der Waals surface area contributed by atoms with Crippen molar-refractivity contribution in [1.82, 2.24) is 0 Å². The van der Waals surface area contributed by atoms with E-state index in [-0.39, 0.29) is 0 Å². The van der Waals surface area contributed by atoms with Crippen LogP contribution in [0.3, 0.4) is 0 Å². The molecular weight excluding hydrogens is 309 g/mol. The number of nitrogens with zero attached hydrogens (tertiary/aromatic N) is 1. The Morgan fingerprint density at radius 2 is 1.56 bits per heavy atom. The van der Waals surface area contributed by atoms with E-state index in [1.807, 2.05) is 12.3 Å². The molecule has 0 spiro atoms. The molecule has 0 aliphatic carbocycles. The van der Waals surface area contributed by atoms with Gasteiger partial charge in [-0.05, 0) is 22.8 Å². The zero-order chi connectivity index (χ0) is 11.0. The minimum absolute atomic E-state index is 0.382. The van der Waals surface area contributed by atoms with Crippen LogP contribution in [0.5, 0.6) is 0 Å². The molecule has 1 aliphatic heterocycles. The van der Waals surface area contributed by atoms with Crippen molar-refractivity contribution in [1.29, 1.82) is 0 Å². The molecule has 1 atom stereocenters. The molecule has 0 amide bonds. The van der Waals surface area contributed by atoms with Gasteiger partial charge in [-0.2, -0.15) is 0 Å². The smallest absolute Gasteiger partial charge is 0.0675 e. The molecule has 0 saturated carbocycles. The van der Waals surface area contributed by atoms with E-state index in [1.54, 1.807) is 0 Å². The normalized spacial score (nSPS) is 17.4. The summed E-state index contributed by atoms with van der Waals surface area (Å²) in [7, 11) is 0. The fraction of sp³-hybridized carbons (Fsp3) is 0.0714. The largest absolute Gasteiger partial charge is 0.256 e. The van der Waals surface area contributed by atoms with Gasteiger partial charge in [0.15, 0.2) is 0 Å². The van der Waals surface area contributed by atoms with Crippen LogP contribution in [0.15, 0.2) is 53.5 Å². The summed E-state index contributed by atoms with van der Waals surface area (Å²) >= 11 is 2.48. The zero-order valence-electron chi connectivity index (χ0n) is 8.60. The van der Waals surface area contributed by atoms with Gasteiger partial charge in [0.25, 0.3) is 0 Å². The van der Waals surface area contributed by atoms with Gasteiger partial charge in [0.1, 0.15) is 0 Å². The highest BCUT2D eigenvalue weighted by molar-refractivity contribution is 14.1. The second kappa shape index (κ2) is 4.01. The van der Waals surface area contributed by atoms with Crippen LogP contribution in [-0.4, -0.2) is 6.21 Å². The Kier molecular flexibility index (Phi) is 2.52. The van der Waals surface area contributed by atoms with Gasteiger partial charge in [-0.1, -0.05) is 65.1 Å². The number of hydrogen-bond donors (Lipinski definition) is 0. The summed E-state index contributed by atoms with van der Waals surface area (Å²) in [5.74, 6) is 0. The number of hydrogen-bond acceptors (Lipinski definition) is 1. The van der Waals surface area contributed by atoms with Gasteiger partial charge in [-0.15, -0.1) is 0 Å². The van der Waals surface area contributed by atoms with Crippen molar-refractivity contribution >= 4 is 34.5 Å². The highest BCUT2D eigenvalue weighted by Crippen LogP contribution is 2.39. The number of rotatable bonds is 0. The molecule has 16 heavy (non-hydrogen) atoms. The van der Waals surface area contributed by atoms with Crippen molar-refractivity contribution < 1.29 is 0 Å². The molecule has 1 nitrogen and oxygen atoms in total. The van der Waals surface area contributed by atoms with E-state index in [9.17, 15) is 0 Å². The molecule has 3 rings (SSSR count). The summed E-state index contributed by atoms with van der Waals surface area (Å²) in [4.78, 5) is 4.55. The molecule has 1 heterocycles. The van der Waals surface area contributed by atoms with Crippen molar-refractivity contribution in [3.05, 3.63) is 65.2 Å². The lowest BCUT2D eigenvalue weighted by Gasteiger charge is -2.12. The standard InChI is InChI=1S/C14H10IN/c15-14-11-6-2-1-5-10(11)9-16-13-8-4-3-7-12(13)14/h1-9,14H. The van der Waals surface area contributed by atoms with Crippen LogP contribution in [0, 0.1) is 0 Å². The van der Waals surface area contributed by atoms with E-state index >= 15 is 0 Å². The Morgan fingerprint density at radius 3 is 2.44 bits per heavy atom. The summed E-state index contributed by atoms with van der Waals surface area (Å²) in [6, 6.07) is 16.8. The molecule has 0 N–H and O–H groups in total. The first kappa shape index (κ1) is 10.0. The van der Waals surface area contributed by atoms with Gasteiger partial charge < -0.3 is 0 Å². The van der Waals surface area contributed by atoms with E-state index < -0.39 is 0 Å². The van der Waals surface area contributed by atoms with Crippen LogP contribution in [0.2, 0.25) is 0 Å². The Hall–Kier alpha value is -1.16. The number of halogens is 1. The number of para-hydroxylation sites is 1. The molecule has 0 radical (unpaired) electrons. The maximum absolute atomic E-state index is 4.55. The van der Waals surface area contributed by atoms with E-state index in [4.69, 9.17) is 0 Å². The third kappa shape index (κ3) is 1.57. The molecule has 0 bridgehead atoms. The fourth-order valence-corrected chi connectivity index (χ4v) is 3.08. The Bertz CT molecular complexity index is 511. The summed E-state index contributed by atoms with van der Waals surface area (Å²) in [5, 5.41) is 0. The Balaban J connectivity index is 2.26. The van der Waals surface area contributed by atoms with Crippen LogP contribution in [0.4, 0.5) is 5.69 Å². The number of fused-ring (bicyclic) bond motifs is 2. The van der Waals surface area contributed by atoms with Crippen molar-refractivity contribution in [2.75, 3.05) is 0 Å². The number of benzene rings is 2. The highest BCUT2D eigenvalue weighted by Gasteiger charge is 2.18. The Morgan fingerprint density at radius 1 is 0.875 bits per heavy atom. The molecule has 2 heteroatoms. The predicted molar refractivity (Wildman–Crippen MR) is 76.0 cm³/mol. The van der Waals surface area contributed by atoms with Crippen LogP contribution in [0.1, 0.15) is 20.6 Å². The predicted octanol–water partition coefficient (Wildman–Crippen LogP) is 4.28. The third-order valence-corrected chi connectivity index (χ3v) is 4.16. The van der Waals surface area contributed by atoms with E-state index in [2.05, 4.69) is 70.0 Å². The topological polar surface area (TPSA) is 12.4 Å². The van der Waals surface area contributed by atoms with Crippen molar-refractivity contribution in [2.45, 2.75) is 3.92 Å². The van der Waals surface area contributed by atoms with E-state index in [0.29, 0.717) is 3.92 Å². The minimum atomic E-state index is 0.382. The van der Waals surface area contributed by atoms with Crippen LogP contribution < -0.4 is 0 Å². The van der Waals surface area contributed by atoms with Crippen molar-refractivity contribution in [2.24, 2.45) is 4.99 Å². The second-order valence-corrected chi connectivity index (χ2v) is 5.05. The van der Waals surface area contributed by atoms with Gasteiger partial charge in [0.05, 0.1) is 9.61 Å². The maximum Gasteiger partial charge on any atom is 0.0675 e. The third-order valence-electron chi connectivity index (χ3n) is 2.82. The number of alkyl halides is 1. The average Bonchev–Trinajstić information content (AvgIpc) is 2.49. The number of aliphatic imine (C=N–C) groups is 1. The van der Waals surface area contributed by atoms with Crippen molar-refractivity contribution in [3.8, 4) is 0 Å². The van der Waals surface area contributed by atoms with Crippen LogP contribution in [0.25, 0.3) is 0 Å². The first-order chi connectivity index (χ1) is 7.86. The summed E-state index contributed by atoms with van der Waals surface area (Å²) in [6.07, 6.45) is 1.97. The Labute approximate surface area is 108 Å². The first-order valence-electron chi connectivity index (χ1n) is 5.22. The minimum Gasteiger partial charge on any atom is -0.256 e. The lowest BCUT2D eigenvalue weighted by atomic mass is 10.0. The van der Waals surface area contributed by atoms with Gasteiger partial charge in [0, 0.05) is 6.21 Å². The summed E-state index contributed by atoms with van der Waals surface area (Å²) in [6.45, 7) is 0. The second-order valence-electron chi connectivity index (χ2n) is 3.81. The maximum atomic E-state index is 4.55. The molecule has 2 aromatic rings. The van der Waals surface area contributed by atoms with Gasteiger partial charge in [-0.3, -0.25) is 4.99 Å². The van der Waals surface area contributed by atoms with E-state index in [1.165, 1.54) is 16.7 Å². The molecule has 1 unspecified atom stereocenters.